The second-order valence-corrected chi connectivity index (χ2v) is 5.21. The van der Waals surface area contributed by atoms with Crippen molar-refractivity contribution in [2.45, 2.75) is 25.8 Å². The minimum Gasteiger partial charge on any atom is -0.469 e. The Morgan fingerprint density at radius 3 is 2.76 bits per heavy atom. The van der Waals surface area contributed by atoms with Gasteiger partial charge in [-0.15, -0.1) is 0 Å². The Morgan fingerprint density at radius 2 is 2.05 bits per heavy atom. The summed E-state index contributed by atoms with van der Waals surface area (Å²) in [5.74, 6) is -0.421. The molecule has 21 heavy (non-hydrogen) atoms. The van der Waals surface area contributed by atoms with Crippen molar-refractivity contribution in [3.63, 3.8) is 0 Å². The highest BCUT2D eigenvalue weighted by Crippen LogP contribution is 2.20. The smallest absolute Gasteiger partial charge is 0.307 e. The highest BCUT2D eigenvalue weighted by Gasteiger charge is 2.14. The van der Waals surface area contributed by atoms with Crippen molar-refractivity contribution in [2.24, 2.45) is 7.05 Å². The van der Waals surface area contributed by atoms with Crippen molar-refractivity contribution in [3.05, 3.63) is 36.0 Å². The molecule has 1 aromatic carbocycles. The fraction of sp³-hybridized carbons (Fsp3) is 0.375. The molecule has 1 atom stereocenters. The van der Waals surface area contributed by atoms with E-state index in [1.807, 2.05) is 42.1 Å². The Bertz CT molecular complexity index is 661. The molecule has 0 aliphatic rings. The number of aryl methyl sites for hydroxylation is 1. The number of para-hydroxylation sites is 1. The van der Waals surface area contributed by atoms with E-state index in [0.29, 0.717) is 6.42 Å². The van der Waals surface area contributed by atoms with Crippen LogP contribution in [0.25, 0.3) is 10.9 Å². The Kier molecular flexibility index (Phi) is 4.62. The van der Waals surface area contributed by atoms with Crippen LogP contribution in [0.5, 0.6) is 0 Å². The monoisotopic (exact) mass is 288 g/mol. The largest absolute Gasteiger partial charge is 0.469 e. The maximum absolute atomic E-state index is 12.1. The lowest BCUT2D eigenvalue weighted by Crippen LogP contribution is -2.35. The molecular formula is C16H20N2O3. The first kappa shape index (κ1) is 15.1. The van der Waals surface area contributed by atoms with Gasteiger partial charge in [0.15, 0.2) is 0 Å². The first-order chi connectivity index (χ1) is 10.0. The maximum Gasteiger partial charge on any atom is 0.307 e. The van der Waals surface area contributed by atoms with Gasteiger partial charge in [0.2, 0.25) is 5.91 Å². The number of nitrogens with one attached hydrogen (secondary N) is 1. The average Bonchev–Trinajstić information content (AvgIpc) is 2.75. The van der Waals surface area contributed by atoms with Gasteiger partial charge < -0.3 is 14.6 Å². The fourth-order valence-corrected chi connectivity index (χ4v) is 2.45. The summed E-state index contributed by atoms with van der Waals surface area (Å²) in [7, 11) is 3.30. The number of ether oxygens (including phenoxy) is 1. The summed E-state index contributed by atoms with van der Waals surface area (Å²) in [6, 6.07) is 7.74. The number of amides is 1. The van der Waals surface area contributed by atoms with Gasteiger partial charge in [0.25, 0.3) is 0 Å². The van der Waals surface area contributed by atoms with Gasteiger partial charge in [0.05, 0.1) is 20.0 Å². The molecule has 0 saturated heterocycles. The van der Waals surface area contributed by atoms with Crippen LogP contribution in [-0.2, 0) is 27.8 Å². The van der Waals surface area contributed by atoms with E-state index in [1.165, 1.54) is 7.11 Å². The molecule has 0 bridgehead atoms. The normalized spacial score (nSPS) is 12.1. The molecule has 1 N–H and O–H groups in total. The van der Waals surface area contributed by atoms with Crippen LogP contribution in [0, 0.1) is 0 Å². The SMILES string of the molecule is COC(=O)CC(C)NC(=O)Cc1cn(C)c2ccccc12. The lowest BCUT2D eigenvalue weighted by molar-refractivity contribution is -0.141. The van der Waals surface area contributed by atoms with Crippen LogP contribution in [0.4, 0.5) is 0 Å². The van der Waals surface area contributed by atoms with Crippen molar-refractivity contribution in [1.29, 1.82) is 0 Å². The molecule has 0 spiro atoms. The molecule has 2 aromatic rings. The lowest BCUT2D eigenvalue weighted by Gasteiger charge is -2.12. The van der Waals surface area contributed by atoms with Crippen LogP contribution in [0.3, 0.4) is 0 Å². The minimum atomic E-state index is -0.326. The van der Waals surface area contributed by atoms with E-state index in [2.05, 4.69) is 10.1 Å². The molecule has 1 heterocycles. The summed E-state index contributed by atoms with van der Waals surface area (Å²) >= 11 is 0. The predicted octanol–water partition coefficient (Wildman–Crippen LogP) is 1.79. The Hall–Kier alpha value is -2.30. The van der Waals surface area contributed by atoms with Gasteiger partial charge in [-0.2, -0.15) is 0 Å². The number of benzene rings is 1. The molecule has 0 fully saturated rings. The third kappa shape index (κ3) is 3.62. The summed E-state index contributed by atoms with van der Waals surface area (Å²) in [6.45, 7) is 1.79. The summed E-state index contributed by atoms with van der Waals surface area (Å²) in [5, 5.41) is 3.90. The van der Waals surface area contributed by atoms with Gasteiger partial charge in [-0.1, -0.05) is 18.2 Å². The van der Waals surface area contributed by atoms with E-state index in [4.69, 9.17) is 0 Å². The van der Waals surface area contributed by atoms with Crippen LogP contribution in [0.2, 0.25) is 0 Å². The second-order valence-electron chi connectivity index (χ2n) is 5.21. The standard InChI is InChI=1S/C16H20N2O3/c1-11(8-16(20)21-3)17-15(19)9-12-10-18(2)14-7-5-4-6-13(12)14/h4-7,10-11H,8-9H2,1-3H3,(H,17,19). The molecule has 0 aliphatic heterocycles. The highest BCUT2D eigenvalue weighted by atomic mass is 16.5. The number of fused-ring (bicyclic) bond motifs is 1. The van der Waals surface area contributed by atoms with E-state index in [0.717, 1.165) is 16.5 Å². The quantitative estimate of drug-likeness (QED) is 0.853. The van der Waals surface area contributed by atoms with Crippen LogP contribution in [-0.4, -0.2) is 29.6 Å². The average molecular weight is 288 g/mol. The van der Waals surface area contributed by atoms with Crippen LogP contribution in [0.1, 0.15) is 18.9 Å². The lowest BCUT2D eigenvalue weighted by atomic mass is 10.1. The first-order valence-corrected chi connectivity index (χ1v) is 6.90. The Balaban J connectivity index is 2.03. The molecule has 1 unspecified atom stereocenters. The van der Waals surface area contributed by atoms with E-state index >= 15 is 0 Å². The zero-order valence-corrected chi connectivity index (χ0v) is 12.6. The van der Waals surface area contributed by atoms with E-state index in [1.54, 1.807) is 6.92 Å². The van der Waals surface area contributed by atoms with Gasteiger partial charge >= 0.3 is 5.97 Å². The molecule has 112 valence electrons. The zero-order valence-electron chi connectivity index (χ0n) is 12.6. The van der Waals surface area contributed by atoms with Gasteiger partial charge in [-0.3, -0.25) is 9.59 Å². The molecule has 2 rings (SSSR count). The molecule has 0 aliphatic carbocycles. The fourth-order valence-electron chi connectivity index (χ4n) is 2.45. The molecule has 5 nitrogen and oxygen atoms in total. The third-order valence-corrected chi connectivity index (χ3v) is 3.44. The topological polar surface area (TPSA) is 60.3 Å². The van der Waals surface area contributed by atoms with Gasteiger partial charge in [0.1, 0.15) is 0 Å². The van der Waals surface area contributed by atoms with Crippen molar-refractivity contribution in [3.8, 4) is 0 Å². The summed E-state index contributed by atoms with van der Waals surface area (Å²) < 4.78 is 6.60. The molecule has 1 amide bonds. The number of nitrogens with zero attached hydrogens (tertiary/aromatic N) is 1. The first-order valence-electron chi connectivity index (χ1n) is 6.90. The van der Waals surface area contributed by atoms with E-state index in [-0.39, 0.29) is 24.3 Å². The Labute approximate surface area is 123 Å². The van der Waals surface area contributed by atoms with Crippen LogP contribution < -0.4 is 5.32 Å². The van der Waals surface area contributed by atoms with E-state index in [9.17, 15) is 9.59 Å². The highest BCUT2D eigenvalue weighted by molar-refractivity contribution is 5.89. The molecule has 1 aromatic heterocycles. The number of carbonyl (C=O) groups excluding carboxylic acids is 2. The van der Waals surface area contributed by atoms with Gasteiger partial charge in [-0.25, -0.2) is 0 Å². The number of hydrogen-bond donors (Lipinski definition) is 1. The van der Waals surface area contributed by atoms with Gasteiger partial charge in [0, 0.05) is 30.2 Å². The maximum atomic E-state index is 12.1. The van der Waals surface area contributed by atoms with Crippen LogP contribution >= 0.6 is 0 Å². The number of carbonyl (C=O) groups is 2. The summed E-state index contributed by atoms with van der Waals surface area (Å²) in [4.78, 5) is 23.2. The second kappa shape index (κ2) is 6.43. The van der Waals surface area contributed by atoms with Gasteiger partial charge in [-0.05, 0) is 18.6 Å². The van der Waals surface area contributed by atoms with Crippen LogP contribution in [0.15, 0.2) is 30.5 Å². The summed E-state index contributed by atoms with van der Waals surface area (Å²) in [5.41, 5.74) is 2.08. The number of esters is 1. The molecular weight excluding hydrogens is 268 g/mol. The van der Waals surface area contributed by atoms with Crippen molar-refractivity contribution in [1.82, 2.24) is 9.88 Å². The van der Waals surface area contributed by atoms with E-state index < -0.39 is 0 Å². The number of aromatic nitrogens is 1. The number of hydrogen-bond acceptors (Lipinski definition) is 3. The third-order valence-electron chi connectivity index (χ3n) is 3.44. The zero-order chi connectivity index (χ0) is 15.4. The predicted molar refractivity (Wildman–Crippen MR) is 80.9 cm³/mol. The molecule has 0 saturated carbocycles. The van der Waals surface area contributed by atoms with Crippen molar-refractivity contribution < 1.29 is 14.3 Å². The Morgan fingerprint density at radius 1 is 1.33 bits per heavy atom. The molecule has 5 heteroatoms. The number of methoxy groups -OCH3 is 1. The minimum absolute atomic E-state index is 0.0947. The summed E-state index contributed by atoms with van der Waals surface area (Å²) in [6.07, 6.45) is 2.44. The van der Waals surface area contributed by atoms with Crippen molar-refractivity contribution in [2.75, 3.05) is 7.11 Å². The number of rotatable bonds is 5. The van der Waals surface area contributed by atoms with Crippen molar-refractivity contribution >= 4 is 22.8 Å². The molecule has 0 radical (unpaired) electrons.